The van der Waals surface area contributed by atoms with Gasteiger partial charge in [0, 0.05) is 10.8 Å². The van der Waals surface area contributed by atoms with E-state index in [1.165, 1.54) is 0 Å². The predicted molar refractivity (Wildman–Crippen MR) is 45.3 cm³/mol. The van der Waals surface area contributed by atoms with Crippen LogP contribution in [0.5, 0.6) is 0 Å². The first-order valence-electron chi connectivity index (χ1n) is 3.28. The molecule has 1 fully saturated rings. The van der Waals surface area contributed by atoms with Crippen LogP contribution in [-0.2, 0) is 4.74 Å². The van der Waals surface area contributed by atoms with E-state index in [0.29, 0.717) is 6.42 Å². The first kappa shape index (κ1) is 8.70. The molecule has 0 spiro atoms. The van der Waals surface area contributed by atoms with Gasteiger partial charge in [-0.3, -0.25) is 0 Å². The molecule has 0 radical (unpaired) electrons. The standard InChI is InChI=1S/C6H11IO3/c7-2-4-1-5(9)6(3-8)10-4/h4-6,8-9H,1-3H2/t4?,5-,6+/m0/s1. The Morgan fingerprint density at radius 2 is 2.30 bits per heavy atom. The molecule has 1 rings (SSSR count). The summed E-state index contributed by atoms with van der Waals surface area (Å²) in [5.74, 6) is 0. The van der Waals surface area contributed by atoms with E-state index in [1.807, 2.05) is 0 Å². The van der Waals surface area contributed by atoms with Gasteiger partial charge in [0.15, 0.2) is 0 Å². The largest absolute Gasteiger partial charge is 0.394 e. The zero-order valence-corrected chi connectivity index (χ0v) is 7.69. The third kappa shape index (κ3) is 1.81. The van der Waals surface area contributed by atoms with Gasteiger partial charge in [-0.2, -0.15) is 0 Å². The van der Waals surface area contributed by atoms with Gasteiger partial charge in [0.05, 0.1) is 18.8 Å². The Labute approximate surface area is 73.5 Å². The summed E-state index contributed by atoms with van der Waals surface area (Å²) in [7, 11) is 0. The summed E-state index contributed by atoms with van der Waals surface area (Å²) >= 11 is 2.21. The normalized spacial score (nSPS) is 40.5. The summed E-state index contributed by atoms with van der Waals surface area (Å²) in [5.41, 5.74) is 0. The Bertz CT molecular complexity index is 109. The first-order valence-corrected chi connectivity index (χ1v) is 4.81. The molecule has 10 heavy (non-hydrogen) atoms. The van der Waals surface area contributed by atoms with E-state index in [4.69, 9.17) is 9.84 Å². The van der Waals surface area contributed by atoms with Crippen molar-refractivity contribution >= 4 is 22.6 Å². The van der Waals surface area contributed by atoms with Crippen LogP contribution in [0.3, 0.4) is 0 Å². The molecule has 0 bridgehead atoms. The van der Waals surface area contributed by atoms with E-state index in [-0.39, 0.29) is 18.8 Å². The van der Waals surface area contributed by atoms with Crippen LogP contribution in [0.15, 0.2) is 0 Å². The van der Waals surface area contributed by atoms with Gasteiger partial charge in [0.1, 0.15) is 6.10 Å². The number of hydrogen-bond donors (Lipinski definition) is 2. The summed E-state index contributed by atoms with van der Waals surface area (Å²) in [6.07, 6.45) is -0.0222. The van der Waals surface area contributed by atoms with E-state index >= 15 is 0 Å². The molecular weight excluding hydrogens is 247 g/mol. The van der Waals surface area contributed by atoms with Crippen LogP contribution in [0.1, 0.15) is 6.42 Å². The second-order valence-electron chi connectivity index (χ2n) is 2.44. The van der Waals surface area contributed by atoms with Gasteiger partial charge in [0.25, 0.3) is 0 Å². The summed E-state index contributed by atoms with van der Waals surface area (Å²) in [4.78, 5) is 0. The molecule has 3 nitrogen and oxygen atoms in total. The van der Waals surface area contributed by atoms with Crippen LogP contribution in [0.4, 0.5) is 0 Å². The Morgan fingerprint density at radius 3 is 2.60 bits per heavy atom. The van der Waals surface area contributed by atoms with Crippen LogP contribution >= 0.6 is 22.6 Å². The second-order valence-corrected chi connectivity index (χ2v) is 3.32. The Hall–Kier alpha value is 0.610. The number of aliphatic hydroxyl groups is 2. The van der Waals surface area contributed by atoms with Crippen LogP contribution in [-0.4, -0.2) is 39.6 Å². The van der Waals surface area contributed by atoms with Gasteiger partial charge in [0.2, 0.25) is 0 Å². The summed E-state index contributed by atoms with van der Waals surface area (Å²) < 4.78 is 6.14. The molecule has 60 valence electrons. The fourth-order valence-electron chi connectivity index (χ4n) is 1.08. The van der Waals surface area contributed by atoms with Gasteiger partial charge < -0.3 is 14.9 Å². The highest BCUT2D eigenvalue weighted by atomic mass is 127. The molecule has 3 atom stereocenters. The van der Waals surface area contributed by atoms with Crippen molar-refractivity contribution < 1.29 is 14.9 Å². The third-order valence-electron chi connectivity index (χ3n) is 1.65. The van der Waals surface area contributed by atoms with E-state index in [0.717, 1.165) is 4.43 Å². The SMILES string of the molecule is OC[C@H]1OC(CI)C[C@@H]1O. The number of rotatable bonds is 2. The topological polar surface area (TPSA) is 49.7 Å². The van der Waals surface area contributed by atoms with Crippen LogP contribution in [0.2, 0.25) is 0 Å². The molecule has 1 aliphatic rings. The number of halogens is 1. The van der Waals surface area contributed by atoms with Gasteiger partial charge in [-0.25, -0.2) is 0 Å². The molecule has 0 amide bonds. The van der Waals surface area contributed by atoms with Crippen molar-refractivity contribution in [3.63, 3.8) is 0 Å². The minimum Gasteiger partial charge on any atom is -0.394 e. The summed E-state index contributed by atoms with van der Waals surface area (Å²) in [5, 5.41) is 17.9. The number of ether oxygens (including phenoxy) is 1. The molecule has 2 N–H and O–H groups in total. The Balaban J connectivity index is 2.36. The zero-order valence-electron chi connectivity index (χ0n) is 5.53. The first-order chi connectivity index (χ1) is 4.77. The van der Waals surface area contributed by atoms with Crippen LogP contribution in [0.25, 0.3) is 0 Å². The maximum Gasteiger partial charge on any atom is 0.107 e. The van der Waals surface area contributed by atoms with Crippen molar-refractivity contribution in [3.05, 3.63) is 0 Å². The van der Waals surface area contributed by atoms with E-state index < -0.39 is 6.10 Å². The molecule has 1 heterocycles. The van der Waals surface area contributed by atoms with Crippen LogP contribution in [0, 0.1) is 0 Å². The fourth-order valence-corrected chi connectivity index (χ4v) is 1.65. The highest BCUT2D eigenvalue weighted by Crippen LogP contribution is 2.21. The zero-order chi connectivity index (χ0) is 7.56. The minimum atomic E-state index is -0.468. The van der Waals surface area contributed by atoms with Gasteiger partial charge in [-0.05, 0) is 0 Å². The van der Waals surface area contributed by atoms with E-state index in [2.05, 4.69) is 22.6 Å². The lowest BCUT2D eigenvalue weighted by atomic mass is 10.1. The lowest BCUT2D eigenvalue weighted by Gasteiger charge is -2.09. The molecule has 0 aromatic carbocycles. The summed E-state index contributed by atoms with van der Waals surface area (Å²) in [6.45, 7) is -0.0751. The van der Waals surface area contributed by atoms with Gasteiger partial charge >= 0.3 is 0 Å². The van der Waals surface area contributed by atoms with Crippen LogP contribution < -0.4 is 0 Å². The molecule has 0 saturated carbocycles. The molecule has 0 aromatic heterocycles. The highest BCUT2D eigenvalue weighted by molar-refractivity contribution is 14.1. The van der Waals surface area contributed by atoms with Crippen molar-refractivity contribution in [2.24, 2.45) is 0 Å². The average molecular weight is 258 g/mol. The van der Waals surface area contributed by atoms with Crippen molar-refractivity contribution in [2.75, 3.05) is 11.0 Å². The van der Waals surface area contributed by atoms with E-state index in [1.54, 1.807) is 0 Å². The lowest BCUT2D eigenvalue weighted by Crippen LogP contribution is -2.24. The van der Waals surface area contributed by atoms with E-state index in [9.17, 15) is 5.11 Å². The van der Waals surface area contributed by atoms with Crippen molar-refractivity contribution in [3.8, 4) is 0 Å². The Morgan fingerprint density at radius 1 is 1.60 bits per heavy atom. The molecule has 0 aliphatic carbocycles. The maximum absolute atomic E-state index is 9.20. The van der Waals surface area contributed by atoms with Crippen molar-refractivity contribution in [1.82, 2.24) is 0 Å². The minimum absolute atomic E-state index is 0.0751. The second kappa shape index (κ2) is 3.85. The third-order valence-corrected chi connectivity index (χ3v) is 2.64. The van der Waals surface area contributed by atoms with Gasteiger partial charge in [-0.1, -0.05) is 22.6 Å². The molecule has 1 saturated heterocycles. The molecule has 1 aliphatic heterocycles. The van der Waals surface area contributed by atoms with Crippen molar-refractivity contribution in [2.45, 2.75) is 24.7 Å². The Kier molecular flexibility index (Phi) is 3.35. The van der Waals surface area contributed by atoms with Gasteiger partial charge in [-0.15, -0.1) is 0 Å². The lowest BCUT2D eigenvalue weighted by molar-refractivity contribution is -0.0153. The molecule has 1 unspecified atom stereocenters. The average Bonchev–Trinajstić information content (AvgIpc) is 2.30. The quantitative estimate of drug-likeness (QED) is 0.538. The smallest absolute Gasteiger partial charge is 0.107 e. The maximum atomic E-state index is 9.20. The molecule has 0 aromatic rings. The number of alkyl halides is 1. The highest BCUT2D eigenvalue weighted by Gasteiger charge is 2.32. The number of hydrogen-bond acceptors (Lipinski definition) is 3. The molecule has 4 heteroatoms. The fraction of sp³-hybridized carbons (Fsp3) is 1.00. The predicted octanol–water partition coefficient (Wildman–Crippen LogP) is -0.0679. The van der Waals surface area contributed by atoms with Crippen molar-refractivity contribution in [1.29, 1.82) is 0 Å². The summed E-state index contributed by atoms with van der Waals surface area (Å²) in [6, 6.07) is 0. The number of aliphatic hydroxyl groups excluding tert-OH is 2. The monoisotopic (exact) mass is 258 g/mol. The molecular formula is C6H11IO3.